The fraction of sp³-hybridized carbons (Fsp3) is 0.278. The maximum absolute atomic E-state index is 12.2. The van der Waals surface area contributed by atoms with Crippen molar-refractivity contribution in [3.8, 4) is 17.2 Å². The number of hydrogen-bond acceptors (Lipinski definition) is 4. The van der Waals surface area contributed by atoms with Gasteiger partial charge in [-0.25, -0.2) is 4.79 Å². The van der Waals surface area contributed by atoms with Crippen molar-refractivity contribution in [1.29, 1.82) is 0 Å². The van der Waals surface area contributed by atoms with Gasteiger partial charge in [0.25, 0.3) is 0 Å². The SMILES string of the molecule is COc1cccc(NC(=O)N[C@H](C)c2cc(OC)ccc2OC)c1. The number of urea groups is 1. The van der Waals surface area contributed by atoms with E-state index in [9.17, 15) is 4.79 Å². The molecule has 1 atom stereocenters. The van der Waals surface area contributed by atoms with Crippen molar-refractivity contribution < 1.29 is 19.0 Å². The van der Waals surface area contributed by atoms with Crippen LogP contribution in [-0.2, 0) is 0 Å². The van der Waals surface area contributed by atoms with E-state index < -0.39 is 0 Å². The Hall–Kier alpha value is -2.89. The average molecular weight is 330 g/mol. The van der Waals surface area contributed by atoms with Crippen molar-refractivity contribution in [2.45, 2.75) is 13.0 Å². The fourth-order valence-corrected chi connectivity index (χ4v) is 2.32. The molecular weight excluding hydrogens is 308 g/mol. The summed E-state index contributed by atoms with van der Waals surface area (Å²) in [6.07, 6.45) is 0. The second kappa shape index (κ2) is 8.10. The van der Waals surface area contributed by atoms with E-state index in [1.807, 2.05) is 37.3 Å². The zero-order chi connectivity index (χ0) is 17.5. The van der Waals surface area contributed by atoms with Crippen LogP contribution in [0.3, 0.4) is 0 Å². The molecule has 2 aromatic rings. The van der Waals surface area contributed by atoms with Gasteiger partial charge in [0.15, 0.2) is 0 Å². The third-order valence-corrected chi connectivity index (χ3v) is 3.58. The van der Waals surface area contributed by atoms with E-state index in [0.29, 0.717) is 22.9 Å². The van der Waals surface area contributed by atoms with E-state index in [1.165, 1.54) is 0 Å². The summed E-state index contributed by atoms with van der Waals surface area (Å²) < 4.78 is 15.7. The van der Waals surface area contributed by atoms with Gasteiger partial charge in [0.1, 0.15) is 17.2 Å². The lowest BCUT2D eigenvalue weighted by Crippen LogP contribution is -2.31. The third-order valence-electron chi connectivity index (χ3n) is 3.58. The van der Waals surface area contributed by atoms with Gasteiger partial charge in [0.2, 0.25) is 0 Å². The minimum atomic E-state index is -0.319. The Morgan fingerprint density at radius 3 is 2.33 bits per heavy atom. The van der Waals surface area contributed by atoms with Crippen molar-refractivity contribution in [3.05, 3.63) is 48.0 Å². The maximum Gasteiger partial charge on any atom is 0.319 e. The first-order valence-corrected chi connectivity index (χ1v) is 7.51. The number of hydrogen-bond donors (Lipinski definition) is 2. The zero-order valence-electron chi connectivity index (χ0n) is 14.3. The van der Waals surface area contributed by atoms with Crippen LogP contribution in [0.5, 0.6) is 17.2 Å². The van der Waals surface area contributed by atoms with Crippen LogP contribution in [-0.4, -0.2) is 27.4 Å². The van der Waals surface area contributed by atoms with Crippen LogP contribution >= 0.6 is 0 Å². The molecule has 0 unspecified atom stereocenters. The maximum atomic E-state index is 12.2. The lowest BCUT2D eigenvalue weighted by atomic mass is 10.1. The molecular formula is C18H22N2O4. The summed E-state index contributed by atoms with van der Waals surface area (Å²) in [5.41, 5.74) is 1.48. The van der Waals surface area contributed by atoms with Crippen LogP contribution in [0, 0.1) is 0 Å². The topological polar surface area (TPSA) is 68.8 Å². The predicted octanol–water partition coefficient (Wildman–Crippen LogP) is 3.60. The number of carbonyl (C=O) groups is 1. The molecule has 6 nitrogen and oxygen atoms in total. The second-order valence-corrected chi connectivity index (χ2v) is 5.16. The van der Waals surface area contributed by atoms with Crippen molar-refractivity contribution in [2.24, 2.45) is 0 Å². The molecule has 0 saturated carbocycles. The molecule has 0 heterocycles. The number of ether oxygens (including phenoxy) is 3. The van der Waals surface area contributed by atoms with Crippen molar-refractivity contribution in [2.75, 3.05) is 26.6 Å². The minimum absolute atomic E-state index is 0.263. The predicted molar refractivity (Wildman–Crippen MR) is 93.1 cm³/mol. The smallest absolute Gasteiger partial charge is 0.319 e. The molecule has 24 heavy (non-hydrogen) atoms. The van der Waals surface area contributed by atoms with Crippen LogP contribution in [0.1, 0.15) is 18.5 Å². The van der Waals surface area contributed by atoms with Gasteiger partial charge < -0.3 is 24.8 Å². The molecule has 0 bridgehead atoms. The summed E-state index contributed by atoms with van der Waals surface area (Å²) in [4.78, 5) is 12.2. The Bertz CT molecular complexity index is 703. The summed E-state index contributed by atoms with van der Waals surface area (Å²) in [5, 5.41) is 5.66. The number of anilines is 1. The Labute approximate surface area is 141 Å². The second-order valence-electron chi connectivity index (χ2n) is 5.16. The van der Waals surface area contributed by atoms with Gasteiger partial charge in [0, 0.05) is 17.3 Å². The number of rotatable bonds is 6. The van der Waals surface area contributed by atoms with Gasteiger partial charge in [-0.1, -0.05) is 6.07 Å². The Balaban J connectivity index is 2.08. The van der Waals surface area contributed by atoms with Crippen LogP contribution in [0.25, 0.3) is 0 Å². The highest BCUT2D eigenvalue weighted by atomic mass is 16.5. The summed E-state index contributed by atoms with van der Waals surface area (Å²) in [7, 11) is 4.77. The Morgan fingerprint density at radius 1 is 0.958 bits per heavy atom. The van der Waals surface area contributed by atoms with Gasteiger partial charge in [-0.15, -0.1) is 0 Å². The van der Waals surface area contributed by atoms with Crippen molar-refractivity contribution in [1.82, 2.24) is 5.32 Å². The van der Waals surface area contributed by atoms with Crippen molar-refractivity contribution >= 4 is 11.7 Å². The lowest BCUT2D eigenvalue weighted by molar-refractivity contribution is 0.249. The fourth-order valence-electron chi connectivity index (χ4n) is 2.32. The Morgan fingerprint density at radius 2 is 1.67 bits per heavy atom. The number of amides is 2. The highest BCUT2D eigenvalue weighted by molar-refractivity contribution is 5.89. The molecule has 0 saturated heterocycles. The van der Waals surface area contributed by atoms with E-state index in [2.05, 4.69) is 10.6 Å². The van der Waals surface area contributed by atoms with E-state index in [1.54, 1.807) is 33.5 Å². The molecule has 6 heteroatoms. The molecule has 0 aromatic heterocycles. The molecule has 0 aliphatic heterocycles. The quantitative estimate of drug-likeness (QED) is 0.849. The summed E-state index contributed by atoms with van der Waals surface area (Å²) in [6.45, 7) is 1.88. The third kappa shape index (κ3) is 4.32. The first-order chi connectivity index (χ1) is 11.6. The van der Waals surface area contributed by atoms with Gasteiger partial charge in [0.05, 0.1) is 27.4 Å². The van der Waals surface area contributed by atoms with E-state index in [0.717, 1.165) is 5.56 Å². The summed E-state index contributed by atoms with van der Waals surface area (Å²) >= 11 is 0. The summed E-state index contributed by atoms with van der Waals surface area (Å²) in [6, 6.07) is 12.0. The molecule has 0 aliphatic carbocycles. The highest BCUT2D eigenvalue weighted by Gasteiger charge is 2.15. The van der Waals surface area contributed by atoms with E-state index >= 15 is 0 Å². The molecule has 0 aliphatic rings. The Kier molecular flexibility index (Phi) is 5.89. The molecule has 2 aromatic carbocycles. The summed E-state index contributed by atoms with van der Waals surface area (Å²) in [5.74, 6) is 2.06. The normalized spacial score (nSPS) is 11.3. The van der Waals surface area contributed by atoms with Gasteiger partial charge in [-0.3, -0.25) is 0 Å². The van der Waals surface area contributed by atoms with Gasteiger partial charge >= 0.3 is 6.03 Å². The van der Waals surface area contributed by atoms with Crippen molar-refractivity contribution in [3.63, 3.8) is 0 Å². The zero-order valence-corrected chi connectivity index (χ0v) is 14.3. The molecule has 2 amide bonds. The first-order valence-electron chi connectivity index (χ1n) is 7.51. The molecule has 0 spiro atoms. The average Bonchev–Trinajstić information content (AvgIpc) is 2.61. The van der Waals surface area contributed by atoms with E-state index in [-0.39, 0.29) is 12.1 Å². The van der Waals surface area contributed by atoms with Gasteiger partial charge in [-0.2, -0.15) is 0 Å². The highest BCUT2D eigenvalue weighted by Crippen LogP contribution is 2.29. The van der Waals surface area contributed by atoms with Crippen LogP contribution < -0.4 is 24.8 Å². The molecule has 0 radical (unpaired) electrons. The molecule has 2 N–H and O–H groups in total. The molecule has 0 fully saturated rings. The molecule has 128 valence electrons. The standard InChI is InChI=1S/C18H22N2O4/c1-12(16-11-15(23-3)8-9-17(16)24-4)19-18(21)20-13-6-5-7-14(10-13)22-2/h5-12H,1-4H3,(H2,19,20,21)/t12-/m1/s1. The van der Waals surface area contributed by atoms with E-state index in [4.69, 9.17) is 14.2 Å². The number of carbonyl (C=O) groups excluding carboxylic acids is 1. The number of methoxy groups -OCH3 is 3. The van der Waals surface area contributed by atoms with Crippen LogP contribution in [0.4, 0.5) is 10.5 Å². The lowest BCUT2D eigenvalue weighted by Gasteiger charge is -2.18. The minimum Gasteiger partial charge on any atom is -0.497 e. The molecule has 2 rings (SSSR count). The number of benzene rings is 2. The first kappa shape index (κ1) is 17.5. The largest absolute Gasteiger partial charge is 0.497 e. The van der Waals surface area contributed by atoms with Crippen LogP contribution in [0.2, 0.25) is 0 Å². The number of nitrogens with one attached hydrogen (secondary N) is 2. The van der Waals surface area contributed by atoms with Crippen LogP contribution in [0.15, 0.2) is 42.5 Å². The van der Waals surface area contributed by atoms with Gasteiger partial charge in [-0.05, 0) is 37.3 Å². The monoisotopic (exact) mass is 330 g/mol.